The van der Waals surface area contributed by atoms with E-state index in [1.165, 1.54) is 0 Å². The van der Waals surface area contributed by atoms with Crippen LogP contribution in [0.4, 0.5) is 5.82 Å². The summed E-state index contributed by atoms with van der Waals surface area (Å²) in [6.07, 6.45) is 1.61. The SMILES string of the molecule is CC#CC(=O)Nc1ccccn1. The van der Waals surface area contributed by atoms with Gasteiger partial charge in [0.25, 0.3) is 0 Å². The number of nitrogens with one attached hydrogen (secondary N) is 1. The second-order valence-electron chi connectivity index (χ2n) is 2.04. The van der Waals surface area contributed by atoms with Crippen LogP contribution in [-0.4, -0.2) is 10.9 Å². The van der Waals surface area contributed by atoms with Crippen LogP contribution in [0, 0.1) is 11.8 Å². The number of hydrogen-bond donors (Lipinski definition) is 1. The Morgan fingerprint density at radius 2 is 2.42 bits per heavy atom. The van der Waals surface area contributed by atoms with Crippen LogP contribution in [0.1, 0.15) is 6.92 Å². The summed E-state index contributed by atoms with van der Waals surface area (Å²) in [7, 11) is 0. The second kappa shape index (κ2) is 4.14. The Bertz CT molecular complexity index is 321. The fourth-order valence-electron chi connectivity index (χ4n) is 0.698. The second-order valence-corrected chi connectivity index (χ2v) is 2.04. The lowest BCUT2D eigenvalue weighted by molar-refractivity contribution is -0.111. The van der Waals surface area contributed by atoms with Crippen molar-refractivity contribution in [2.75, 3.05) is 5.32 Å². The number of anilines is 1. The molecule has 0 aliphatic carbocycles. The van der Waals surface area contributed by atoms with E-state index in [4.69, 9.17) is 0 Å². The molecule has 3 heteroatoms. The first-order valence-corrected chi connectivity index (χ1v) is 3.47. The molecular weight excluding hydrogens is 152 g/mol. The summed E-state index contributed by atoms with van der Waals surface area (Å²) < 4.78 is 0. The first-order valence-electron chi connectivity index (χ1n) is 3.47. The minimum atomic E-state index is -0.337. The van der Waals surface area contributed by atoms with Gasteiger partial charge in [0.15, 0.2) is 0 Å². The van der Waals surface area contributed by atoms with Gasteiger partial charge in [-0.1, -0.05) is 12.0 Å². The number of pyridine rings is 1. The van der Waals surface area contributed by atoms with Crippen LogP contribution in [0.5, 0.6) is 0 Å². The molecule has 0 aliphatic rings. The molecule has 0 saturated carbocycles. The molecule has 1 amide bonds. The van der Waals surface area contributed by atoms with Gasteiger partial charge in [0, 0.05) is 6.20 Å². The van der Waals surface area contributed by atoms with Crippen LogP contribution in [-0.2, 0) is 4.79 Å². The van der Waals surface area contributed by atoms with E-state index in [1.54, 1.807) is 31.3 Å². The molecule has 1 aromatic heterocycles. The Balaban J connectivity index is 2.63. The summed E-state index contributed by atoms with van der Waals surface area (Å²) in [6, 6.07) is 5.28. The minimum Gasteiger partial charge on any atom is -0.300 e. The van der Waals surface area contributed by atoms with Crippen molar-refractivity contribution in [3.63, 3.8) is 0 Å². The van der Waals surface area contributed by atoms with Crippen molar-refractivity contribution in [1.82, 2.24) is 4.98 Å². The average Bonchev–Trinajstić information content (AvgIpc) is 2.06. The zero-order chi connectivity index (χ0) is 8.81. The van der Waals surface area contributed by atoms with Crippen LogP contribution in [0.3, 0.4) is 0 Å². The average molecular weight is 160 g/mol. The van der Waals surface area contributed by atoms with Crippen LogP contribution >= 0.6 is 0 Å². The molecule has 0 bridgehead atoms. The molecule has 0 unspecified atom stereocenters. The normalized spacial score (nSPS) is 8.08. The van der Waals surface area contributed by atoms with E-state index in [0.717, 1.165) is 0 Å². The zero-order valence-electron chi connectivity index (χ0n) is 6.66. The van der Waals surface area contributed by atoms with Gasteiger partial charge in [-0.15, -0.1) is 0 Å². The molecule has 12 heavy (non-hydrogen) atoms. The molecule has 1 aromatic rings. The third kappa shape index (κ3) is 2.43. The molecule has 0 atom stereocenters. The quantitative estimate of drug-likeness (QED) is 0.624. The van der Waals surface area contributed by atoms with Gasteiger partial charge in [-0.25, -0.2) is 4.98 Å². The monoisotopic (exact) mass is 160 g/mol. The fourth-order valence-corrected chi connectivity index (χ4v) is 0.698. The topological polar surface area (TPSA) is 42.0 Å². The van der Waals surface area contributed by atoms with Gasteiger partial charge in [0.1, 0.15) is 5.82 Å². The van der Waals surface area contributed by atoms with Crippen molar-refractivity contribution >= 4 is 11.7 Å². The Labute approximate surface area is 70.8 Å². The van der Waals surface area contributed by atoms with Crippen molar-refractivity contribution in [3.8, 4) is 11.8 Å². The molecule has 1 rings (SSSR count). The molecule has 3 nitrogen and oxygen atoms in total. The van der Waals surface area contributed by atoms with Crippen LogP contribution < -0.4 is 5.32 Å². The van der Waals surface area contributed by atoms with Gasteiger partial charge in [0.2, 0.25) is 0 Å². The van der Waals surface area contributed by atoms with Crippen molar-refractivity contribution < 1.29 is 4.79 Å². The molecule has 0 aromatic carbocycles. The maximum Gasteiger partial charge on any atom is 0.301 e. The molecule has 0 aliphatic heterocycles. The van der Waals surface area contributed by atoms with E-state index in [-0.39, 0.29) is 5.91 Å². The van der Waals surface area contributed by atoms with E-state index in [9.17, 15) is 4.79 Å². The Morgan fingerprint density at radius 3 is 3.00 bits per heavy atom. The molecule has 60 valence electrons. The van der Waals surface area contributed by atoms with E-state index in [1.807, 2.05) is 0 Å². The van der Waals surface area contributed by atoms with Gasteiger partial charge in [-0.3, -0.25) is 10.1 Å². The largest absolute Gasteiger partial charge is 0.301 e. The summed E-state index contributed by atoms with van der Waals surface area (Å²) in [5.41, 5.74) is 0. The first kappa shape index (κ1) is 8.28. The van der Waals surface area contributed by atoms with Crippen molar-refractivity contribution in [3.05, 3.63) is 24.4 Å². The predicted molar refractivity (Wildman–Crippen MR) is 46.3 cm³/mol. The predicted octanol–water partition coefficient (Wildman–Crippen LogP) is 1.04. The highest BCUT2D eigenvalue weighted by Crippen LogP contribution is 1.98. The van der Waals surface area contributed by atoms with E-state index < -0.39 is 0 Å². The summed E-state index contributed by atoms with van der Waals surface area (Å²) in [6.45, 7) is 1.61. The van der Waals surface area contributed by atoms with Crippen LogP contribution in [0.2, 0.25) is 0 Å². The third-order valence-electron chi connectivity index (χ3n) is 1.15. The van der Waals surface area contributed by atoms with E-state index in [2.05, 4.69) is 22.1 Å². The highest BCUT2D eigenvalue weighted by Gasteiger charge is 1.95. The highest BCUT2D eigenvalue weighted by atomic mass is 16.1. The molecule has 0 fully saturated rings. The zero-order valence-corrected chi connectivity index (χ0v) is 6.66. The lowest BCUT2D eigenvalue weighted by Gasteiger charge is -1.96. The Morgan fingerprint density at radius 1 is 1.58 bits per heavy atom. The summed E-state index contributed by atoms with van der Waals surface area (Å²) in [5, 5.41) is 2.52. The van der Waals surface area contributed by atoms with Crippen molar-refractivity contribution in [2.24, 2.45) is 0 Å². The standard InChI is InChI=1S/C9H8N2O/c1-2-5-9(12)11-8-6-3-4-7-10-8/h3-4,6-7H,1H3,(H,10,11,12). The fraction of sp³-hybridized carbons (Fsp3) is 0.111. The minimum absolute atomic E-state index is 0.337. The maximum atomic E-state index is 10.9. The Kier molecular flexibility index (Phi) is 2.86. The number of carbonyl (C=O) groups is 1. The lowest BCUT2D eigenvalue weighted by Crippen LogP contribution is -2.09. The van der Waals surface area contributed by atoms with Crippen LogP contribution in [0.25, 0.3) is 0 Å². The molecule has 1 N–H and O–H groups in total. The van der Waals surface area contributed by atoms with Gasteiger partial charge in [0.05, 0.1) is 0 Å². The van der Waals surface area contributed by atoms with Gasteiger partial charge >= 0.3 is 5.91 Å². The van der Waals surface area contributed by atoms with E-state index >= 15 is 0 Å². The third-order valence-corrected chi connectivity index (χ3v) is 1.15. The van der Waals surface area contributed by atoms with Crippen molar-refractivity contribution in [1.29, 1.82) is 0 Å². The first-order chi connectivity index (χ1) is 5.83. The molecule has 0 saturated heterocycles. The van der Waals surface area contributed by atoms with E-state index in [0.29, 0.717) is 5.82 Å². The summed E-state index contributed by atoms with van der Waals surface area (Å²) >= 11 is 0. The van der Waals surface area contributed by atoms with Gasteiger partial charge in [-0.2, -0.15) is 0 Å². The number of carbonyl (C=O) groups excluding carboxylic acids is 1. The number of amides is 1. The number of nitrogens with zero attached hydrogens (tertiary/aromatic N) is 1. The molecule has 0 radical (unpaired) electrons. The molecule has 1 heterocycles. The maximum absolute atomic E-state index is 10.9. The highest BCUT2D eigenvalue weighted by molar-refractivity contribution is 6.03. The Hall–Kier alpha value is -1.82. The van der Waals surface area contributed by atoms with Crippen LogP contribution in [0.15, 0.2) is 24.4 Å². The van der Waals surface area contributed by atoms with Gasteiger partial charge in [-0.05, 0) is 25.0 Å². The smallest absolute Gasteiger partial charge is 0.300 e. The van der Waals surface area contributed by atoms with Gasteiger partial charge < -0.3 is 0 Å². The summed E-state index contributed by atoms with van der Waals surface area (Å²) in [5.74, 6) is 5.03. The number of hydrogen-bond acceptors (Lipinski definition) is 2. The summed E-state index contributed by atoms with van der Waals surface area (Å²) in [4.78, 5) is 14.8. The molecule has 0 spiro atoms. The lowest BCUT2D eigenvalue weighted by atomic mass is 10.4. The molecular formula is C9H8N2O. The number of aromatic nitrogens is 1. The van der Waals surface area contributed by atoms with Crippen molar-refractivity contribution in [2.45, 2.75) is 6.92 Å². The number of rotatable bonds is 1.